The average Bonchev–Trinajstić information content (AvgIpc) is 0. The molecule has 0 fully saturated rings. The number of rotatable bonds is 0. The summed E-state index contributed by atoms with van der Waals surface area (Å²) in [6.07, 6.45) is 0. The van der Waals surface area contributed by atoms with E-state index in [4.69, 9.17) is 0 Å². The normalized spacial score (nSPS) is 0. The first-order chi connectivity index (χ1) is 0. The molecule has 0 saturated heterocycles. The van der Waals surface area contributed by atoms with Crippen LogP contribution in [0, 0.1) is 0 Å². The molecule has 0 unspecified atom stereocenters. The second-order valence-corrected chi connectivity index (χ2v) is 0. The van der Waals surface area contributed by atoms with E-state index in [0.717, 1.165) is 0 Å². The summed E-state index contributed by atoms with van der Waals surface area (Å²) in [5.74, 6) is 0. The summed E-state index contributed by atoms with van der Waals surface area (Å²) in [5, 5.41) is 0. The molecule has 100 heteroatoms. The molecule has 0 aromatic heterocycles. The van der Waals surface area contributed by atoms with Crippen LogP contribution in [-0.2, 0) is 0 Å². The van der Waals surface area contributed by atoms with Gasteiger partial charge in [-0.3, -0.25) is 0 Å². The predicted molar refractivity (Wildman–Crippen MR) is 757 cm³/mol. The summed E-state index contributed by atoms with van der Waals surface area (Å²) < 4.78 is 0. The zero-order valence-electron chi connectivity index (χ0n) is 0. The van der Waals surface area contributed by atoms with Crippen molar-refractivity contribution in [3.63, 3.8) is 0 Å². The molecule has 260 valence electrons. The molecule has 0 spiro atoms. The van der Waals surface area contributed by atoms with Gasteiger partial charge in [0.2, 0.25) is 0 Å². The third kappa shape index (κ3) is 743. The quantitative estimate of drug-likeness (QED) is 0.212. The second kappa shape index (κ2) is 754. The molecule has 0 saturated carbocycles. The Balaban J connectivity index is 0. The topological polar surface area (TPSA) is 0 Å². The molecule has 0 radical (unpaired) electrons. The van der Waals surface area contributed by atoms with E-state index in [2.05, 4.69) is 0 Å². The van der Waals surface area contributed by atoms with Crippen molar-refractivity contribution in [2.75, 3.05) is 0 Å². The van der Waals surface area contributed by atoms with Crippen molar-refractivity contribution in [3.8, 4) is 0 Å². The standard InChI is InChI=1S/30Ca.70Na.130H. The molecule has 0 aliphatic rings. The van der Waals surface area contributed by atoms with Crippen molar-refractivity contribution in [2.45, 2.75) is 0 Å². The Morgan fingerprint density at radius 3 is 0.0200 bits per heavy atom. The fourth-order valence-corrected chi connectivity index (χ4v) is 0. The Morgan fingerprint density at radius 1 is 0.0200 bits per heavy atom. The van der Waals surface area contributed by atoms with E-state index in [1.807, 2.05) is 0 Å². The van der Waals surface area contributed by atoms with Crippen LogP contribution in [0.4, 0.5) is 0 Å². The van der Waals surface area contributed by atoms with Gasteiger partial charge in [-0.05, 0) is 0 Å². The van der Waals surface area contributed by atoms with E-state index in [1.54, 1.807) is 0 Å². The van der Waals surface area contributed by atoms with E-state index in [0.29, 0.717) is 0 Å². The maximum atomic E-state index is 0. The van der Waals surface area contributed by atoms with Gasteiger partial charge in [-0.25, -0.2) is 0 Å². The van der Waals surface area contributed by atoms with Crippen molar-refractivity contribution in [3.05, 3.63) is 0 Å². The van der Waals surface area contributed by atoms with Crippen LogP contribution in [0.1, 0.15) is 0 Å². The number of hydrogen-bond acceptors (Lipinski definition) is 0. The van der Waals surface area contributed by atoms with Crippen LogP contribution < -0.4 is 0 Å². The monoisotopic (exact) mass is 2940 g/mol. The summed E-state index contributed by atoms with van der Waals surface area (Å²) in [5.41, 5.74) is 0. The van der Waals surface area contributed by atoms with E-state index in [-0.39, 0.29) is 3200 Å². The Hall–Kier alpha value is 108. The van der Waals surface area contributed by atoms with E-state index < -0.39 is 0 Å². The molecular formula is H130Ca30Na70. The second-order valence-electron chi connectivity index (χ2n) is 0. The summed E-state index contributed by atoms with van der Waals surface area (Å²) in [7, 11) is 0. The Bertz CT molecular complexity index is 88.1. The van der Waals surface area contributed by atoms with Crippen LogP contribution in [0.3, 0.4) is 0 Å². The summed E-state index contributed by atoms with van der Waals surface area (Å²) in [4.78, 5) is 0. The molecule has 0 aromatic rings. The zero-order chi connectivity index (χ0) is 0. The van der Waals surface area contributed by atoms with Gasteiger partial charge in [-0.15, -0.1) is 0 Å². The summed E-state index contributed by atoms with van der Waals surface area (Å²) in [6.45, 7) is 0. The van der Waals surface area contributed by atoms with Gasteiger partial charge < -0.3 is 0 Å². The fourth-order valence-electron chi connectivity index (χ4n) is 0. The molecule has 0 nitrogen and oxygen atoms in total. The van der Waals surface area contributed by atoms with Crippen molar-refractivity contribution >= 4 is 3200 Å². The van der Waals surface area contributed by atoms with Crippen LogP contribution in [-0.4, -0.2) is 3200 Å². The predicted octanol–water partition coefficient (Wildman–Crippen LogP) is -72.9. The molecule has 0 heterocycles. The van der Waals surface area contributed by atoms with Crippen molar-refractivity contribution in [1.82, 2.24) is 0 Å². The van der Waals surface area contributed by atoms with E-state index in [9.17, 15) is 0 Å². The third-order valence-electron chi connectivity index (χ3n) is 0. The van der Waals surface area contributed by atoms with Crippen molar-refractivity contribution < 1.29 is 0 Å². The minimum absolute atomic E-state index is 0. The molecule has 0 rings (SSSR count). The first kappa shape index (κ1) is 765. The maximum absolute atomic E-state index is 0. The van der Waals surface area contributed by atoms with Gasteiger partial charge in [0.05, 0.1) is 0 Å². The molecule has 0 bridgehead atoms. The van der Waals surface area contributed by atoms with Crippen LogP contribution in [0.15, 0.2) is 0 Å². The SMILES string of the molecule is [CaH2].[CaH2].[CaH2].[CaH2].[CaH2].[CaH2].[CaH2].[CaH2].[CaH2].[CaH2].[CaH2].[CaH2].[CaH2].[CaH2].[CaH2].[CaH2].[CaH2].[CaH2].[CaH2].[CaH2].[CaH2].[CaH2].[CaH2].[CaH2].[CaH2].[CaH2].[CaH2].[CaH2].[CaH2].[CaH2].[NaH].[NaH].[NaH].[NaH].[NaH].[NaH].[NaH].[NaH].[NaH].[NaH].[NaH].[NaH].[NaH].[NaH].[NaH].[NaH].[NaH].[NaH].[NaH].[NaH].[NaH].[NaH].[NaH].[NaH].[NaH].[NaH].[NaH].[NaH].[NaH].[NaH].[NaH].[NaH].[NaH].[NaH].[NaH].[NaH].[NaH].[NaH].[NaH].[NaH].[NaH].[NaH].[NaH].[NaH].[NaH].[NaH].[NaH].[NaH].[NaH].[NaH].[NaH].[NaH].[NaH].[NaH].[NaH].[NaH].[NaH].[NaH].[NaH].[NaH].[NaH].[NaH].[NaH].[NaH].[NaH].[NaH].[NaH].[NaH].[NaH].[NaH]. The van der Waals surface area contributed by atoms with Crippen molar-refractivity contribution in [2.24, 2.45) is 0 Å². The van der Waals surface area contributed by atoms with E-state index in [1.165, 1.54) is 0 Å². The minimum atomic E-state index is 0. The Kier molecular flexibility index (Phi) is 5760. The number of hydrogen-bond donors (Lipinski definition) is 0. The van der Waals surface area contributed by atoms with Gasteiger partial charge in [0, 0.05) is 0 Å². The van der Waals surface area contributed by atoms with Gasteiger partial charge in [0.15, 0.2) is 0 Å². The molecule has 0 aromatic carbocycles. The first-order valence-corrected chi connectivity index (χ1v) is 0. The summed E-state index contributed by atoms with van der Waals surface area (Å²) >= 11 is 0. The Morgan fingerprint density at radius 2 is 0.0200 bits per heavy atom. The average molecular weight is 2940 g/mol. The van der Waals surface area contributed by atoms with Crippen LogP contribution >= 0.6 is 0 Å². The van der Waals surface area contributed by atoms with Gasteiger partial charge in [-0.1, -0.05) is 0 Å². The third-order valence-corrected chi connectivity index (χ3v) is 0. The van der Waals surface area contributed by atoms with Crippen LogP contribution in [0.5, 0.6) is 0 Å². The fraction of sp³-hybridized carbons (Fsp3) is 0. The zero-order valence-corrected chi connectivity index (χ0v) is 0. The van der Waals surface area contributed by atoms with E-state index >= 15 is 0 Å². The van der Waals surface area contributed by atoms with Gasteiger partial charge >= 0.3 is 3200 Å². The van der Waals surface area contributed by atoms with Gasteiger partial charge in [0.25, 0.3) is 0 Å². The molecule has 0 aliphatic carbocycles. The van der Waals surface area contributed by atoms with Crippen molar-refractivity contribution in [1.29, 1.82) is 0 Å². The van der Waals surface area contributed by atoms with Crippen LogP contribution in [0.25, 0.3) is 0 Å². The summed E-state index contributed by atoms with van der Waals surface area (Å²) in [6, 6.07) is 0. The Labute approximate surface area is 3070 Å². The molecule has 0 atom stereocenters. The van der Waals surface area contributed by atoms with Gasteiger partial charge in [0.1, 0.15) is 0 Å². The molecule has 0 amide bonds. The van der Waals surface area contributed by atoms with Gasteiger partial charge in [-0.2, -0.15) is 0 Å². The molecule has 0 aliphatic heterocycles. The molecule has 100 heavy (non-hydrogen) atoms. The molecule has 0 N–H and O–H groups in total. The molecular weight excluding hydrogens is 2810 g/mol. The van der Waals surface area contributed by atoms with Crippen LogP contribution in [0.2, 0.25) is 0 Å². The first-order valence-electron chi connectivity index (χ1n) is 0.